The topological polar surface area (TPSA) is 30.5 Å². The highest BCUT2D eigenvalue weighted by Crippen LogP contribution is 2.15. The van der Waals surface area contributed by atoms with E-state index < -0.39 is 0 Å². The van der Waals surface area contributed by atoms with Gasteiger partial charge in [0.1, 0.15) is 24.7 Å². The highest BCUT2D eigenvalue weighted by Gasteiger charge is 2.04. The van der Waals surface area contributed by atoms with Crippen molar-refractivity contribution in [3.05, 3.63) is 96.1 Å². The standard InChI is InChI=1S/C23H25NO2/c1-19(21-8-4-2-5-9-21)24-18-20-12-14-23(15-13-20)26-17-16-25-22-10-6-3-7-11-22/h2-15,19,24H,16-18H2,1H3. The molecule has 0 amide bonds. The van der Waals surface area contributed by atoms with Crippen molar-refractivity contribution in [1.82, 2.24) is 5.32 Å². The summed E-state index contributed by atoms with van der Waals surface area (Å²) in [4.78, 5) is 0. The number of hydrogen-bond acceptors (Lipinski definition) is 3. The minimum Gasteiger partial charge on any atom is -0.490 e. The minimum atomic E-state index is 0.322. The number of ether oxygens (including phenoxy) is 2. The maximum absolute atomic E-state index is 5.73. The van der Waals surface area contributed by atoms with Crippen LogP contribution in [0.2, 0.25) is 0 Å². The Kier molecular flexibility index (Phi) is 6.68. The van der Waals surface area contributed by atoms with Crippen LogP contribution in [0.15, 0.2) is 84.9 Å². The zero-order valence-electron chi connectivity index (χ0n) is 15.1. The molecule has 0 saturated carbocycles. The molecule has 0 aliphatic carbocycles. The third-order valence-corrected chi connectivity index (χ3v) is 4.20. The molecule has 0 aliphatic rings. The number of hydrogen-bond donors (Lipinski definition) is 1. The van der Waals surface area contributed by atoms with Gasteiger partial charge in [-0.25, -0.2) is 0 Å². The van der Waals surface area contributed by atoms with Gasteiger partial charge in [0.25, 0.3) is 0 Å². The second kappa shape index (κ2) is 9.64. The Morgan fingerprint density at radius 3 is 1.85 bits per heavy atom. The van der Waals surface area contributed by atoms with Crippen LogP contribution in [0.25, 0.3) is 0 Å². The Bertz CT molecular complexity index is 757. The predicted octanol–water partition coefficient (Wildman–Crippen LogP) is 5.00. The van der Waals surface area contributed by atoms with Gasteiger partial charge in [-0.3, -0.25) is 0 Å². The predicted molar refractivity (Wildman–Crippen MR) is 106 cm³/mol. The van der Waals surface area contributed by atoms with Crippen molar-refractivity contribution in [3.63, 3.8) is 0 Å². The summed E-state index contributed by atoms with van der Waals surface area (Å²) in [6.07, 6.45) is 0. The van der Waals surface area contributed by atoms with Crippen LogP contribution in [-0.4, -0.2) is 13.2 Å². The van der Waals surface area contributed by atoms with E-state index in [0.717, 1.165) is 18.0 Å². The Morgan fingerprint density at radius 1 is 0.692 bits per heavy atom. The van der Waals surface area contributed by atoms with E-state index in [0.29, 0.717) is 19.3 Å². The highest BCUT2D eigenvalue weighted by molar-refractivity contribution is 5.27. The quantitative estimate of drug-likeness (QED) is 0.553. The zero-order chi connectivity index (χ0) is 18.0. The van der Waals surface area contributed by atoms with Gasteiger partial charge in [-0.2, -0.15) is 0 Å². The average Bonchev–Trinajstić information content (AvgIpc) is 2.72. The third-order valence-electron chi connectivity index (χ3n) is 4.20. The molecular formula is C23H25NO2. The van der Waals surface area contributed by atoms with E-state index in [2.05, 4.69) is 48.6 Å². The van der Waals surface area contributed by atoms with E-state index >= 15 is 0 Å². The zero-order valence-corrected chi connectivity index (χ0v) is 15.1. The minimum absolute atomic E-state index is 0.322. The molecule has 3 nitrogen and oxygen atoms in total. The van der Waals surface area contributed by atoms with Crippen LogP contribution in [-0.2, 0) is 6.54 Å². The van der Waals surface area contributed by atoms with Gasteiger partial charge in [0.15, 0.2) is 0 Å². The molecule has 0 spiro atoms. The molecule has 0 heterocycles. The van der Waals surface area contributed by atoms with Crippen LogP contribution in [0, 0.1) is 0 Å². The monoisotopic (exact) mass is 347 g/mol. The first-order valence-corrected chi connectivity index (χ1v) is 8.99. The van der Waals surface area contributed by atoms with Gasteiger partial charge in [-0.05, 0) is 42.3 Å². The van der Waals surface area contributed by atoms with Crippen molar-refractivity contribution in [2.45, 2.75) is 19.5 Å². The molecular weight excluding hydrogens is 322 g/mol. The summed E-state index contributed by atoms with van der Waals surface area (Å²) in [6.45, 7) is 4.06. The summed E-state index contributed by atoms with van der Waals surface area (Å²) < 4.78 is 11.4. The van der Waals surface area contributed by atoms with Crippen molar-refractivity contribution in [2.24, 2.45) is 0 Å². The molecule has 1 atom stereocenters. The SMILES string of the molecule is CC(NCc1ccc(OCCOc2ccccc2)cc1)c1ccccc1. The second-order valence-corrected chi connectivity index (χ2v) is 6.17. The smallest absolute Gasteiger partial charge is 0.122 e. The summed E-state index contributed by atoms with van der Waals surface area (Å²) in [6, 6.07) is 28.8. The Balaban J connectivity index is 1.39. The Hall–Kier alpha value is -2.78. The largest absolute Gasteiger partial charge is 0.490 e. The summed E-state index contributed by atoms with van der Waals surface area (Å²) in [5.41, 5.74) is 2.53. The third kappa shape index (κ3) is 5.64. The number of rotatable bonds is 9. The fourth-order valence-corrected chi connectivity index (χ4v) is 2.67. The molecule has 0 bridgehead atoms. The van der Waals surface area contributed by atoms with Gasteiger partial charge < -0.3 is 14.8 Å². The van der Waals surface area contributed by atoms with Crippen LogP contribution >= 0.6 is 0 Å². The summed E-state index contributed by atoms with van der Waals surface area (Å²) in [7, 11) is 0. The van der Waals surface area contributed by atoms with Gasteiger partial charge in [0.05, 0.1) is 0 Å². The number of para-hydroxylation sites is 1. The average molecular weight is 347 g/mol. The lowest BCUT2D eigenvalue weighted by Gasteiger charge is -2.14. The van der Waals surface area contributed by atoms with Crippen LogP contribution in [0.4, 0.5) is 0 Å². The summed E-state index contributed by atoms with van der Waals surface area (Å²) >= 11 is 0. The van der Waals surface area contributed by atoms with E-state index in [1.54, 1.807) is 0 Å². The summed E-state index contributed by atoms with van der Waals surface area (Å²) in [5.74, 6) is 1.73. The molecule has 26 heavy (non-hydrogen) atoms. The Labute approximate surface area is 155 Å². The molecule has 3 heteroatoms. The van der Waals surface area contributed by atoms with Gasteiger partial charge in [0, 0.05) is 12.6 Å². The molecule has 0 radical (unpaired) electrons. The molecule has 0 aromatic heterocycles. The van der Waals surface area contributed by atoms with Gasteiger partial charge in [-0.1, -0.05) is 60.7 Å². The maximum atomic E-state index is 5.73. The molecule has 3 rings (SSSR count). The molecule has 1 unspecified atom stereocenters. The second-order valence-electron chi connectivity index (χ2n) is 6.17. The molecule has 1 N–H and O–H groups in total. The van der Waals surface area contributed by atoms with Gasteiger partial charge in [0.2, 0.25) is 0 Å². The van der Waals surface area contributed by atoms with Crippen molar-refractivity contribution in [2.75, 3.05) is 13.2 Å². The number of nitrogens with one attached hydrogen (secondary N) is 1. The number of benzene rings is 3. The van der Waals surface area contributed by atoms with Crippen molar-refractivity contribution in [3.8, 4) is 11.5 Å². The van der Waals surface area contributed by atoms with E-state index in [1.807, 2.05) is 48.5 Å². The van der Waals surface area contributed by atoms with E-state index in [-0.39, 0.29) is 0 Å². The van der Waals surface area contributed by atoms with Crippen LogP contribution in [0.5, 0.6) is 11.5 Å². The molecule has 3 aromatic rings. The van der Waals surface area contributed by atoms with Crippen molar-refractivity contribution >= 4 is 0 Å². The summed E-state index contributed by atoms with van der Waals surface area (Å²) in [5, 5.41) is 3.54. The van der Waals surface area contributed by atoms with Crippen LogP contribution < -0.4 is 14.8 Å². The maximum Gasteiger partial charge on any atom is 0.122 e. The fraction of sp³-hybridized carbons (Fsp3) is 0.217. The van der Waals surface area contributed by atoms with Crippen molar-refractivity contribution in [1.29, 1.82) is 0 Å². The van der Waals surface area contributed by atoms with Gasteiger partial charge >= 0.3 is 0 Å². The highest BCUT2D eigenvalue weighted by atomic mass is 16.5. The lowest BCUT2D eigenvalue weighted by Crippen LogP contribution is -2.17. The van der Waals surface area contributed by atoms with Crippen molar-refractivity contribution < 1.29 is 9.47 Å². The molecule has 0 saturated heterocycles. The molecule has 0 aliphatic heterocycles. The molecule has 0 fully saturated rings. The first kappa shape index (κ1) is 18.0. The lowest BCUT2D eigenvalue weighted by molar-refractivity contribution is 0.217. The van der Waals surface area contributed by atoms with Crippen LogP contribution in [0.1, 0.15) is 24.1 Å². The van der Waals surface area contributed by atoms with E-state index in [1.165, 1.54) is 11.1 Å². The molecule has 3 aromatic carbocycles. The Morgan fingerprint density at radius 2 is 1.23 bits per heavy atom. The van der Waals surface area contributed by atoms with Crippen LogP contribution in [0.3, 0.4) is 0 Å². The fourth-order valence-electron chi connectivity index (χ4n) is 2.67. The van der Waals surface area contributed by atoms with E-state index in [9.17, 15) is 0 Å². The normalized spacial score (nSPS) is 11.7. The van der Waals surface area contributed by atoms with Gasteiger partial charge in [-0.15, -0.1) is 0 Å². The first-order chi connectivity index (χ1) is 12.8. The van der Waals surface area contributed by atoms with E-state index in [4.69, 9.17) is 9.47 Å². The lowest BCUT2D eigenvalue weighted by atomic mass is 10.1. The molecule has 134 valence electrons. The first-order valence-electron chi connectivity index (χ1n) is 8.99.